The molecular formula is C22H25N3O3S2. The van der Waals surface area contributed by atoms with E-state index in [4.69, 9.17) is 0 Å². The summed E-state index contributed by atoms with van der Waals surface area (Å²) in [5.41, 5.74) is 2.01. The molecule has 0 bridgehead atoms. The number of nitrogens with zero attached hydrogens (tertiary/aromatic N) is 2. The summed E-state index contributed by atoms with van der Waals surface area (Å²) in [6, 6.07) is 8.30. The summed E-state index contributed by atoms with van der Waals surface area (Å²) in [6.07, 6.45) is 6.79. The highest BCUT2D eigenvalue weighted by atomic mass is 32.2. The van der Waals surface area contributed by atoms with Gasteiger partial charge in [-0.15, -0.1) is 11.3 Å². The van der Waals surface area contributed by atoms with Crippen LogP contribution in [0.5, 0.6) is 0 Å². The average molecular weight is 444 g/mol. The zero-order valence-electron chi connectivity index (χ0n) is 17.0. The van der Waals surface area contributed by atoms with Crippen LogP contribution in [0.4, 0.5) is 5.00 Å². The molecule has 8 heteroatoms. The number of thiophene rings is 1. The van der Waals surface area contributed by atoms with Crippen molar-refractivity contribution in [2.75, 3.05) is 11.9 Å². The molecule has 1 aliphatic carbocycles. The van der Waals surface area contributed by atoms with E-state index in [9.17, 15) is 18.5 Å². The highest BCUT2D eigenvalue weighted by molar-refractivity contribution is 7.89. The first-order chi connectivity index (χ1) is 14.4. The van der Waals surface area contributed by atoms with E-state index in [2.05, 4.69) is 11.4 Å². The molecule has 1 aromatic carbocycles. The van der Waals surface area contributed by atoms with Gasteiger partial charge in [0.1, 0.15) is 11.1 Å². The van der Waals surface area contributed by atoms with Crippen LogP contribution in [0.2, 0.25) is 0 Å². The number of fused-ring (bicyclic) bond motifs is 1. The predicted molar refractivity (Wildman–Crippen MR) is 117 cm³/mol. The van der Waals surface area contributed by atoms with Crippen molar-refractivity contribution in [2.45, 2.75) is 62.8 Å². The fraction of sp³-hybridized carbons (Fsp3) is 0.455. The number of rotatable bonds is 4. The minimum atomic E-state index is -3.56. The van der Waals surface area contributed by atoms with E-state index in [1.54, 1.807) is 4.31 Å². The van der Waals surface area contributed by atoms with Crippen LogP contribution >= 0.6 is 11.3 Å². The topological polar surface area (TPSA) is 90.3 Å². The van der Waals surface area contributed by atoms with Crippen LogP contribution in [0.15, 0.2) is 29.2 Å². The van der Waals surface area contributed by atoms with Crippen LogP contribution in [0.1, 0.15) is 65.4 Å². The van der Waals surface area contributed by atoms with E-state index in [1.165, 1.54) is 40.5 Å². The molecule has 0 saturated carbocycles. The number of carbonyl (C=O) groups is 1. The van der Waals surface area contributed by atoms with Crippen LogP contribution in [-0.2, 0) is 22.9 Å². The lowest BCUT2D eigenvalue weighted by Crippen LogP contribution is -2.41. The number of hydrogen-bond acceptors (Lipinski definition) is 5. The highest BCUT2D eigenvalue weighted by Gasteiger charge is 2.31. The van der Waals surface area contributed by atoms with E-state index in [1.807, 2.05) is 6.92 Å². The number of carbonyl (C=O) groups excluding carboxylic acids is 1. The first kappa shape index (κ1) is 21.0. The molecule has 0 unspecified atom stereocenters. The summed E-state index contributed by atoms with van der Waals surface area (Å²) in [6.45, 7) is 2.47. The van der Waals surface area contributed by atoms with Crippen molar-refractivity contribution >= 4 is 32.3 Å². The largest absolute Gasteiger partial charge is 0.312 e. The second-order valence-corrected chi connectivity index (χ2v) is 11.0. The van der Waals surface area contributed by atoms with E-state index in [0.717, 1.165) is 50.5 Å². The van der Waals surface area contributed by atoms with Crippen LogP contribution in [0.3, 0.4) is 0 Å². The minimum Gasteiger partial charge on any atom is -0.312 e. The van der Waals surface area contributed by atoms with Gasteiger partial charge in [0.05, 0.1) is 10.5 Å². The van der Waals surface area contributed by atoms with Gasteiger partial charge in [-0.25, -0.2) is 8.42 Å². The molecule has 0 radical (unpaired) electrons. The summed E-state index contributed by atoms with van der Waals surface area (Å²) < 4.78 is 27.5. The van der Waals surface area contributed by atoms with Crippen molar-refractivity contribution < 1.29 is 13.2 Å². The Morgan fingerprint density at radius 1 is 1.17 bits per heavy atom. The van der Waals surface area contributed by atoms with E-state index in [0.29, 0.717) is 22.7 Å². The summed E-state index contributed by atoms with van der Waals surface area (Å²) in [5, 5.41) is 13.0. The van der Waals surface area contributed by atoms with Crippen molar-refractivity contribution in [2.24, 2.45) is 0 Å². The zero-order valence-corrected chi connectivity index (χ0v) is 18.6. The van der Waals surface area contributed by atoms with Crippen molar-refractivity contribution in [3.05, 3.63) is 45.8 Å². The smallest absolute Gasteiger partial charge is 0.256 e. The quantitative estimate of drug-likeness (QED) is 0.762. The maximum absolute atomic E-state index is 13.0. The lowest BCUT2D eigenvalue weighted by molar-refractivity contribution is 0.102. The molecule has 0 spiro atoms. The summed E-state index contributed by atoms with van der Waals surface area (Å²) in [4.78, 5) is 14.1. The molecule has 2 aromatic rings. The fourth-order valence-electron chi connectivity index (χ4n) is 4.29. The van der Waals surface area contributed by atoms with Gasteiger partial charge in [-0.05, 0) is 75.3 Å². The molecular weight excluding hydrogens is 418 g/mol. The summed E-state index contributed by atoms with van der Waals surface area (Å²) >= 11 is 1.48. The molecule has 30 heavy (non-hydrogen) atoms. The van der Waals surface area contributed by atoms with Gasteiger partial charge in [0.25, 0.3) is 5.91 Å². The molecule has 4 rings (SSSR count). The van der Waals surface area contributed by atoms with Crippen molar-refractivity contribution in [1.29, 1.82) is 5.26 Å². The second kappa shape index (κ2) is 8.50. The normalized spacial score (nSPS) is 19.7. The second-order valence-electron chi connectivity index (χ2n) is 7.97. The third-order valence-corrected chi connectivity index (χ3v) is 9.21. The SMILES string of the molecule is C[C@@H]1CCCCN1S(=O)(=O)c1ccc(C(=O)Nc2sc3c(c2C#N)CCCC3)cc1. The van der Waals surface area contributed by atoms with E-state index in [-0.39, 0.29) is 16.8 Å². The highest BCUT2D eigenvalue weighted by Crippen LogP contribution is 2.37. The maximum Gasteiger partial charge on any atom is 0.256 e. The van der Waals surface area contributed by atoms with E-state index >= 15 is 0 Å². The van der Waals surface area contributed by atoms with Gasteiger partial charge in [0.2, 0.25) is 10.0 Å². The van der Waals surface area contributed by atoms with Crippen LogP contribution < -0.4 is 5.32 Å². The molecule has 2 heterocycles. The van der Waals surface area contributed by atoms with Gasteiger partial charge in [-0.1, -0.05) is 6.42 Å². The Kier molecular flexibility index (Phi) is 5.96. The first-order valence-corrected chi connectivity index (χ1v) is 12.7. The van der Waals surface area contributed by atoms with Crippen molar-refractivity contribution in [3.63, 3.8) is 0 Å². The van der Waals surface area contributed by atoms with Gasteiger partial charge in [0, 0.05) is 23.0 Å². The molecule has 1 aliphatic heterocycles. The van der Waals surface area contributed by atoms with Gasteiger partial charge in [-0.2, -0.15) is 9.57 Å². The lowest BCUT2D eigenvalue weighted by Gasteiger charge is -2.32. The van der Waals surface area contributed by atoms with Crippen molar-refractivity contribution in [3.8, 4) is 6.07 Å². The number of piperidine rings is 1. The average Bonchev–Trinajstić information content (AvgIpc) is 3.10. The number of aryl methyl sites for hydroxylation is 1. The number of anilines is 1. The molecule has 1 aromatic heterocycles. The Bertz CT molecular complexity index is 1100. The molecule has 1 saturated heterocycles. The van der Waals surface area contributed by atoms with Crippen molar-refractivity contribution in [1.82, 2.24) is 4.31 Å². The zero-order chi connectivity index (χ0) is 21.3. The van der Waals surface area contributed by atoms with Gasteiger partial charge >= 0.3 is 0 Å². The summed E-state index contributed by atoms with van der Waals surface area (Å²) in [5.74, 6) is -0.333. The molecule has 1 N–H and O–H groups in total. The van der Waals surface area contributed by atoms with Crippen LogP contribution in [0, 0.1) is 11.3 Å². The van der Waals surface area contributed by atoms with Gasteiger partial charge in [-0.3, -0.25) is 4.79 Å². The Balaban J connectivity index is 1.53. The first-order valence-electron chi connectivity index (χ1n) is 10.4. The number of sulfonamides is 1. The number of benzene rings is 1. The minimum absolute atomic E-state index is 0.0130. The number of amides is 1. The predicted octanol–water partition coefficient (Wildman–Crippen LogP) is 4.31. The Hall–Kier alpha value is -2.21. The third kappa shape index (κ3) is 3.89. The number of nitriles is 1. The molecule has 158 valence electrons. The molecule has 2 aliphatic rings. The summed E-state index contributed by atoms with van der Waals surface area (Å²) in [7, 11) is -3.56. The molecule has 1 atom stereocenters. The van der Waals surface area contributed by atoms with Gasteiger partial charge in [0.15, 0.2) is 0 Å². The maximum atomic E-state index is 13.0. The fourth-order valence-corrected chi connectivity index (χ4v) is 7.22. The van der Waals surface area contributed by atoms with Crippen LogP contribution in [0.25, 0.3) is 0 Å². The molecule has 1 fully saturated rings. The molecule has 1 amide bonds. The van der Waals surface area contributed by atoms with Crippen LogP contribution in [-0.4, -0.2) is 31.2 Å². The Labute approximate surface area is 181 Å². The Morgan fingerprint density at radius 3 is 2.60 bits per heavy atom. The Morgan fingerprint density at radius 2 is 1.90 bits per heavy atom. The van der Waals surface area contributed by atoms with Gasteiger partial charge < -0.3 is 5.32 Å². The lowest BCUT2D eigenvalue weighted by atomic mass is 9.96. The number of hydrogen-bond donors (Lipinski definition) is 1. The monoisotopic (exact) mass is 443 g/mol. The number of nitrogens with one attached hydrogen (secondary N) is 1. The third-order valence-electron chi connectivity index (χ3n) is 5.98. The molecule has 6 nitrogen and oxygen atoms in total. The van der Waals surface area contributed by atoms with E-state index < -0.39 is 10.0 Å². The standard InChI is InChI=1S/C22H25N3O3S2/c1-15-6-4-5-13-25(15)30(27,28)17-11-9-16(10-12-17)21(26)24-22-19(14-23)18-7-2-3-8-20(18)29-22/h9-12,15H,2-8,13H2,1H3,(H,24,26)/t15-/m1/s1.